The lowest BCUT2D eigenvalue weighted by Crippen LogP contribution is -2.26. The summed E-state index contributed by atoms with van der Waals surface area (Å²) in [6, 6.07) is 21.3. The largest absolute Gasteiger partial charge is 0.398 e. The van der Waals surface area contributed by atoms with E-state index in [4.69, 9.17) is 17.3 Å². The number of hydrazone groups is 1. The zero-order valence-corrected chi connectivity index (χ0v) is 16.5. The highest BCUT2D eigenvalue weighted by molar-refractivity contribution is 9.10. The Morgan fingerprint density at radius 1 is 0.963 bits per heavy atom. The van der Waals surface area contributed by atoms with E-state index in [1.165, 1.54) is 0 Å². The maximum Gasteiger partial charge on any atom is 0.339 e. The van der Waals surface area contributed by atoms with Gasteiger partial charge >= 0.3 is 6.03 Å². The SMILES string of the molecule is Nc1ccc(Br)cc1/C(=N\NC(=O)Nc1ccccc1)c1ccccc1Cl. The molecule has 0 atom stereocenters. The summed E-state index contributed by atoms with van der Waals surface area (Å²) >= 11 is 9.78. The average molecular weight is 444 g/mol. The van der Waals surface area contributed by atoms with Crippen LogP contribution in [0.1, 0.15) is 11.1 Å². The molecule has 3 rings (SSSR count). The maximum absolute atomic E-state index is 12.2. The van der Waals surface area contributed by atoms with E-state index in [0.717, 1.165) is 4.47 Å². The molecule has 2 amide bonds. The maximum atomic E-state index is 12.2. The Hall–Kier alpha value is -2.83. The van der Waals surface area contributed by atoms with Crippen LogP contribution in [0.15, 0.2) is 82.4 Å². The fraction of sp³-hybridized carbons (Fsp3) is 0. The van der Waals surface area contributed by atoms with Crippen molar-refractivity contribution in [3.63, 3.8) is 0 Å². The van der Waals surface area contributed by atoms with E-state index in [9.17, 15) is 4.79 Å². The first-order valence-corrected chi connectivity index (χ1v) is 9.22. The van der Waals surface area contributed by atoms with Gasteiger partial charge in [-0.2, -0.15) is 5.10 Å². The summed E-state index contributed by atoms with van der Waals surface area (Å²) in [5, 5.41) is 7.50. The van der Waals surface area contributed by atoms with E-state index >= 15 is 0 Å². The second-order valence-electron chi connectivity index (χ2n) is 5.60. The van der Waals surface area contributed by atoms with Gasteiger partial charge in [0, 0.05) is 27.0 Å². The molecular weight excluding hydrogens is 428 g/mol. The monoisotopic (exact) mass is 442 g/mol. The van der Waals surface area contributed by atoms with Crippen LogP contribution in [0.25, 0.3) is 0 Å². The standard InChI is InChI=1S/C20H16BrClN4O/c21-13-10-11-18(23)16(12-13)19(15-8-4-5-9-17(15)22)25-26-20(27)24-14-6-2-1-3-7-14/h1-12H,23H2,(H2,24,26,27)/b25-19-. The number of amides is 2. The molecule has 0 saturated heterocycles. The molecule has 0 bridgehead atoms. The van der Waals surface area contributed by atoms with E-state index in [-0.39, 0.29) is 0 Å². The van der Waals surface area contributed by atoms with Crippen molar-refractivity contribution in [1.29, 1.82) is 0 Å². The number of hydrogen-bond donors (Lipinski definition) is 3. The van der Waals surface area contributed by atoms with Crippen molar-refractivity contribution < 1.29 is 4.79 Å². The van der Waals surface area contributed by atoms with Crippen molar-refractivity contribution >= 4 is 50.6 Å². The number of benzene rings is 3. The Labute approximate surface area is 170 Å². The number of nitrogens with zero attached hydrogens (tertiary/aromatic N) is 1. The minimum Gasteiger partial charge on any atom is -0.398 e. The van der Waals surface area contributed by atoms with Crippen molar-refractivity contribution in [3.8, 4) is 0 Å². The number of rotatable bonds is 4. The lowest BCUT2D eigenvalue weighted by molar-refractivity contribution is 0.252. The van der Waals surface area contributed by atoms with E-state index in [2.05, 4.69) is 31.8 Å². The van der Waals surface area contributed by atoms with Gasteiger partial charge in [0.1, 0.15) is 5.71 Å². The van der Waals surface area contributed by atoms with Gasteiger partial charge in [0.2, 0.25) is 0 Å². The zero-order chi connectivity index (χ0) is 19.2. The van der Waals surface area contributed by atoms with E-state index in [1.807, 2.05) is 48.5 Å². The molecule has 3 aromatic rings. The molecule has 0 saturated carbocycles. The van der Waals surface area contributed by atoms with Crippen LogP contribution in [0.2, 0.25) is 5.02 Å². The highest BCUT2D eigenvalue weighted by Gasteiger charge is 2.15. The first kappa shape index (κ1) is 18.9. The first-order chi connectivity index (χ1) is 13.0. The van der Waals surface area contributed by atoms with E-state index < -0.39 is 6.03 Å². The van der Waals surface area contributed by atoms with Crippen molar-refractivity contribution in [2.45, 2.75) is 0 Å². The molecule has 27 heavy (non-hydrogen) atoms. The molecule has 3 aromatic carbocycles. The van der Waals surface area contributed by atoms with Gasteiger partial charge in [-0.3, -0.25) is 0 Å². The van der Waals surface area contributed by atoms with Gasteiger partial charge in [-0.25, -0.2) is 10.2 Å². The second kappa shape index (κ2) is 8.70. The summed E-state index contributed by atoms with van der Waals surface area (Å²) < 4.78 is 0.834. The number of nitrogen functional groups attached to an aromatic ring is 1. The van der Waals surface area contributed by atoms with Crippen LogP contribution in [0.5, 0.6) is 0 Å². The molecular formula is C20H16BrClN4O. The van der Waals surface area contributed by atoms with Crippen LogP contribution in [-0.2, 0) is 0 Å². The van der Waals surface area contributed by atoms with E-state index in [0.29, 0.717) is 33.2 Å². The quantitative estimate of drug-likeness (QED) is 0.292. The van der Waals surface area contributed by atoms with Crippen LogP contribution in [0, 0.1) is 0 Å². The number of urea groups is 1. The summed E-state index contributed by atoms with van der Waals surface area (Å²) in [5.41, 5.74) is 11.6. The van der Waals surface area contributed by atoms with Crippen molar-refractivity contribution in [2.24, 2.45) is 5.10 Å². The molecule has 0 unspecified atom stereocenters. The van der Waals surface area contributed by atoms with Crippen LogP contribution >= 0.6 is 27.5 Å². The number of halogens is 2. The number of para-hydroxylation sites is 1. The van der Waals surface area contributed by atoms with Gasteiger partial charge in [0.15, 0.2) is 0 Å². The molecule has 0 fully saturated rings. The fourth-order valence-corrected chi connectivity index (χ4v) is 3.03. The highest BCUT2D eigenvalue weighted by Crippen LogP contribution is 2.25. The Kier molecular flexibility index (Phi) is 6.11. The predicted molar refractivity (Wildman–Crippen MR) is 114 cm³/mol. The van der Waals surface area contributed by atoms with Crippen LogP contribution in [0.3, 0.4) is 0 Å². The van der Waals surface area contributed by atoms with Crippen molar-refractivity contribution in [1.82, 2.24) is 5.43 Å². The molecule has 0 aromatic heterocycles. The lowest BCUT2D eigenvalue weighted by Gasteiger charge is -2.12. The summed E-state index contributed by atoms with van der Waals surface area (Å²) in [5.74, 6) is 0. The molecule has 0 heterocycles. The summed E-state index contributed by atoms with van der Waals surface area (Å²) in [4.78, 5) is 12.2. The second-order valence-corrected chi connectivity index (χ2v) is 6.93. The third-order valence-electron chi connectivity index (χ3n) is 3.70. The smallest absolute Gasteiger partial charge is 0.339 e. The molecule has 4 N–H and O–H groups in total. The van der Waals surface area contributed by atoms with E-state index in [1.54, 1.807) is 24.3 Å². The first-order valence-electron chi connectivity index (χ1n) is 8.04. The molecule has 0 aliphatic heterocycles. The molecule has 0 radical (unpaired) electrons. The van der Waals surface area contributed by atoms with Gasteiger partial charge in [0.25, 0.3) is 0 Å². The number of carbonyl (C=O) groups excluding carboxylic acids is 1. The topological polar surface area (TPSA) is 79.5 Å². The highest BCUT2D eigenvalue weighted by atomic mass is 79.9. The van der Waals surface area contributed by atoms with Crippen LogP contribution in [0.4, 0.5) is 16.2 Å². The third kappa shape index (κ3) is 4.87. The van der Waals surface area contributed by atoms with Crippen molar-refractivity contribution in [3.05, 3.63) is 93.4 Å². The Morgan fingerprint density at radius 3 is 2.41 bits per heavy atom. The Balaban J connectivity index is 1.95. The van der Waals surface area contributed by atoms with Gasteiger partial charge < -0.3 is 11.1 Å². The molecule has 0 spiro atoms. The summed E-state index contributed by atoms with van der Waals surface area (Å²) in [6.07, 6.45) is 0. The van der Waals surface area contributed by atoms with Gasteiger partial charge in [-0.1, -0.05) is 63.9 Å². The number of nitrogens with one attached hydrogen (secondary N) is 2. The summed E-state index contributed by atoms with van der Waals surface area (Å²) in [7, 11) is 0. The Morgan fingerprint density at radius 2 is 1.67 bits per heavy atom. The minimum absolute atomic E-state index is 0.461. The van der Waals surface area contributed by atoms with Crippen LogP contribution in [-0.4, -0.2) is 11.7 Å². The normalized spacial score (nSPS) is 11.1. The lowest BCUT2D eigenvalue weighted by atomic mass is 10.0. The Bertz CT molecular complexity index is 992. The number of carbonyl (C=O) groups is 1. The number of nitrogens with two attached hydrogens (primary N) is 1. The molecule has 5 nitrogen and oxygen atoms in total. The predicted octanol–water partition coefficient (Wildman–Crippen LogP) is 5.26. The average Bonchev–Trinajstić information content (AvgIpc) is 2.66. The molecule has 136 valence electrons. The minimum atomic E-state index is -0.473. The van der Waals surface area contributed by atoms with Crippen molar-refractivity contribution in [2.75, 3.05) is 11.1 Å². The van der Waals surface area contributed by atoms with Gasteiger partial charge in [0.05, 0.1) is 5.02 Å². The fourth-order valence-electron chi connectivity index (χ4n) is 2.44. The number of hydrogen-bond acceptors (Lipinski definition) is 3. The molecule has 0 aliphatic carbocycles. The number of anilines is 2. The zero-order valence-electron chi connectivity index (χ0n) is 14.1. The molecule has 7 heteroatoms. The summed E-state index contributed by atoms with van der Waals surface area (Å²) in [6.45, 7) is 0. The van der Waals surface area contributed by atoms with Gasteiger partial charge in [-0.05, 0) is 36.4 Å². The molecule has 0 aliphatic rings. The van der Waals surface area contributed by atoms with Crippen LogP contribution < -0.4 is 16.5 Å². The third-order valence-corrected chi connectivity index (χ3v) is 4.52. The van der Waals surface area contributed by atoms with Gasteiger partial charge in [-0.15, -0.1) is 0 Å².